The molecular weight excluding hydrogens is 401 g/mol. The third-order valence-corrected chi connectivity index (χ3v) is 6.10. The van der Waals surface area contributed by atoms with Gasteiger partial charge in [-0.2, -0.15) is 0 Å². The second-order valence-electron chi connectivity index (χ2n) is 8.61. The van der Waals surface area contributed by atoms with Crippen molar-refractivity contribution in [2.24, 2.45) is 0 Å². The number of anilines is 1. The van der Waals surface area contributed by atoms with Gasteiger partial charge < -0.3 is 15.2 Å². The Hall–Kier alpha value is -3.16. The number of carbonyl (C=O) groups is 2. The van der Waals surface area contributed by atoms with Crippen molar-refractivity contribution in [1.82, 2.24) is 9.88 Å². The maximum absolute atomic E-state index is 14.8. The number of nitrogens with one attached hydrogen (secondary N) is 1. The van der Waals surface area contributed by atoms with Crippen LogP contribution >= 0.6 is 0 Å². The summed E-state index contributed by atoms with van der Waals surface area (Å²) in [5.74, 6) is -0.448. The summed E-state index contributed by atoms with van der Waals surface area (Å²) in [5.41, 5.74) is 2.79. The largest absolute Gasteiger partial charge is 0.478 e. The number of aromatic nitrogens is 1. The SMILES string of the molecule is CCOc1ccc2c(n1)CCN(C(=O)O)[C@H]2C(=O)Nc1cc(F)c2c(c1)CCC2(C)C. The molecule has 0 saturated carbocycles. The Morgan fingerprint density at radius 2 is 2.10 bits per heavy atom. The van der Waals surface area contributed by atoms with Crippen molar-refractivity contribution < 1.29 is 23.8 Å². The lowest BCUT2D eigenvalue weighted by molar-refractivity contribution is -0.121. The number of nitrogens with zero attached hydrogens (tertiary/aromatic N) is 2. The average Bonchev–Trinajstić information content (AvgIpc) is 3.01. The van der Waals surface area contributed by atoms with Crippen LogP contribution in [0.25, 0.3) is 0 Å². The smallest absolute Gasteiger partial charge is 0.408 e. The van der Waals surface area contributed by atoms with E-state index in [0.29, 0.717) is 41.4 Å². The maximum atomic E-state index is 14.8. The molecule has 31 heavy (non-hydrogen) atoms. The van der Waals surface area contributed by atoms with Gasteiger partial charge in [-0.1, -0.05) is 13.8 Å². The minimum absolute atomic E-state index is 0.135. The first kappa shape index (κ1) is 21.1. The zero-order valence-corrected chi connectivity index (χ0v) is 17.9. The van der Waals surface area contributed by atoms with Gasteiger partial charge in [0.15, 0.2) is 0 Å². The van der Waals surface area contributed by atoms with Crippen LogP contribution in [0, 0.1) is 5.82 Å². The van der Waals surface area contributed by atoms with E-state index in [0.717, 1.165) is 23.3 Å². The van der Waals surface area contributed by atoms with E-state index in [1.807, 2.05) is 20.8 Å². The number of fused-ring (bicyclic) bond motifs is 2. The second-order valence-corrected chi connectivity index (χ2v) is 8.61. The van der Waals surface area contributed by atoms with Gasteiger partial charge in [-0.25, -0.2) is 14.2 Å². The lowest BCUT2D eigenvalue weighted by Gasteiger charge is -2.34. The summed E-state index contributed by atoms with van der Waals surface area (Å²) in [6.45, 7) is 6.45. The molecule has 1 aliphatic heterocycles. The maximum Gasteiger partial charge on any atom is 0.408 e. The Morgan fingerprint density at radius 1 is 1.32 bits per heavy atom. The number of aryl methyl sites for hydroxylation is 1. The van der Waals surface area contributed by atoms with E-state index in [1.165, 1.54) is 6.07 Å². The summed E-state index contributed by atoms with van der Waals surface area (Å²) in [6.07, 6.45) is 0.768. The van der Waals surface area contributed by atoms with Crippen molar-refractivity contribution in [1.29, 1.82) is 0 Å². The molecule has 0 saturated heterocycles. The highest BCUT2D eigenvalue weighted by atomic mass is 19.1. The number of hydrogen-bond donors (Lipinski definition) is 2. The molecule has 164 valence electrons. The molecule has 2 aromatic rings. The van der Waals surface area contributed by atoms with Gasteiger partial charge >= 0.3 is 6.09 Å². The third kappa shape index (κ3) is 3.82. The van der Waals surface area contributed by atoms with Crippen molar-refractivity contribution in [3.8, 4) is 5.88 Å². The van der Waals surface area contributed by atoms with Crippen LogP contribution in [-0.4, -0.2) is 40.1 Å². The highest BCUT2D eigenvalue weighted by Gasteiger charge is 2.38. The van der Waals surface area contributed by atoms with Crippen LogP contribution in [-0.2, 0) is 23.1 Å². The molecule has 2 heterocycles. The van der Waals surface area contributed by atoms with Crippen LogP contribution in [0.2, 0.25) is 0 Å². The summed E-state index contributed by atoms with van der Waals surface area (Å²) < 4.78 is 20.2. The van der Waals surface area contributed by atoms with E-state index in [-0.39, 0.29) is 17.8 Å². The lowest BCUT2D eigenvalue weighted by atomic mass is 9.86. The molecule has 1 aliphatic carbocycles. The van der Waals surface area contributed by atoms with E-state index < -0.39 is 18.0 Å². The molecule has 0 spiro atoms. The Kier molecular flexibility index (Phi) is 5.33. The molecule has 0 unspecified atom stereocenters. The normalized spacial score (nSPS) is 18.8. The molecule has 0 fully saturated rings. The summed E-state index contributed by atoms with van der Waals surface area (Å²) >= 11 is 0. The summed E-state index contributed by atoms with van der Waals surface area (Å²) in [6, 6.07) is 5.34. The third-order valence-electron chi connectivity index (χ3n) is 6.10. The van der Waals surface area contributed by atoms with Crippen LogP contribution < -0.4 is 10.1 Å². The molecule has 8 heteroatoms. The molecule has 2 amide bonds. The average molecular weight is 427 g/mol. The molecule has 4 rings (SSSR count). The first-order valence-corrected chi connectivity index (χ1v) is 10.5. The molecule has 1 atom stereocenters. The van der Waals surface area contributed by atoms with Gasteiger partial charge in [0.2, 0.25) is 5.88 Å². The predicted octanol–water partition coefficient (Wildman–Crippen LogP) is 4.06. The Morgan fingerprint density at radius 3 is 2.81 bits per heavy atom. The fourth-order valence-corrected chi connectivity index (χ4v) is 4.66. The van der Waals surface area contributed by atoms with E-state index in [2.05, 4.69) is 10.3 Å². The fraction of sp³-hybridized carbons (Fsp3) is 0.435. The number of carboxylic acid groups (broad SMARTS) is 1. The molecular formula is C23H26FN3O4. The number of pyridine rings is 1. The van der Waals surface area contributed by atoms with Crippen molar-refractivity contribution >= 4 is 17.7 Å². The molecule has 0 radical (unpaired) electrons. The first-order chi connectivity index (χ1) is 14.7. The molecule has 7 nitrogen and oxygen atoms in total. The number of amides is 2. The molecule has 1 aromatic carbocycles. The van der Waals surface area contributed by atoms with Crippen LogP contribution in [0.15, 0.2) is 24.3 Å². The van der Waals surface area contributed by atoms with Gasteiger partial charge in [-0.15, -0.1) is 0 Å². The molecule has 1 aromatic heterocycles. The number of carbonyl (C=O) groups excluding carboxylic acids is 1. The molecule has 2 N–H and O–H groups in total. The standard InChI is InChI=1S/C23H26FN3O4/c1-4-31-18-6-5-15-17(26-18)8-10-27(22(29)30)20(15)21(28)25-14-11-13-7-9-23(2,3)19(13)16(24)12-14/h5-6,11-12,20H,4,7-10H2,1-3H3,(H,25,28)(H,29,30)/t20-/m1/s1. The van der Waals surface area contributed by atoms with Crippen LogP contribution in [0.3, 0.4) is 0 Å². The summed E-state index contributed by atoms with van der Waals surface area (Å²) in [7, 11) is 0. The molecule has 0 bridgehead atoms. The van der Waals surface area contributed by atoms with E-state index in [9.17, 15) is 19.1 Å². The van der Waals surface area contributed by atoms with Gasteiger partial charge in [0.1, 0.15) is 11.9 Å². The lowest BCUT2D eigenvalue weighted by Crippen LogP contribution is -2.45. The van der Waals surface area contributed by atoms with Gasteiger partial charge in [-0.05, 0) is 54.5 Å². The number of halogens is 1. The van der Waals surface area contributed by atoms with Crippen LogP contribution in [0.1, 0.15) is 55.6 Å². The van der Waals surface area contributed by atoms with Crippen molar-refractivity contribution in [2.45, 2.75) is 51.5 Å². The van der Waals surface area contributed by atoms with Crippen molar-refractivity contribution in [3.63, 3.8) is 0 Å². The zero-order valence-electron chi connectivity index (χ0n) is 17.9. The zero-order chi connectivity index (χ0) is 22.3. The minimum Gasteiger partial charge on any atom is -0.478 e. The van der Waals surface area contributed by atoms with Crippen molar-refractivity contribution in [2.75, 3.05) is 18.5 Å². The van der Waals surface area contributed by atoms with Gasteiger partial charge in [0.05, 0.1) is 12.3 Å². The predicted molar refractivity (Wildman–Crippen MR) is 113 cm³/mol. The van der Waals surface area contributed by atoms with Crippen LogP contribution in [0.5, 0.6) is 5.88 Å². The monoisotopic (exact) mass is 427 g/mol. The van der Waals surface area contributed by atoms with Crippen molar-refractivity contribution in [3.05, 3.63) is 52.5 Å². The quantitative estimate of drug-likeness (QED) is 0.768. The van der Waals surface area contributed by atoms with Gasteiger partial charge in [0.25, 0.3) is 5.91 Å². The van der Waals surface area contributed by atoms with Gasteiger partial charge in [0, 0.05) is 30.3 Å². The number of benzene rings is 1. The van der Waals surface area contributed by atoms with E-state index in [1.54, 1.807) is 18.2 Å². The fourth-order valence-electron chi connectivity index (χ4n) is 4.66. The first-order valence-electron chi connectivity index (χ1n) is 10.5. The Labute approximate surface area is 180 Å². The minimum atomic E-state index is -1.19. The number of ether oxygens (including phenoxy) is 1. The molecule has 2 aliphatic rings. The van der Waals surface area contributed by atoms with Gasteiger partial charge in [-0.3, -0.25) is 9.69 Å². The highest BCUT2D eigenvalue weighted by molar-refractivity contribution is 5.97. The Bertz CT molecular complexity index is 1050. The number of rotatable bonds is 4. The summed E-state index contributed by atoms with van der Waals surface area (Å²) in [5, 5.41) is 12.4. The van der Waals surface area contributed by atoms with Crippen LogP contribution in [0.4, 0.5) is 14.9 Å². The number of hydrogen-bond acceptors (Lipinski definition) is 4. The topological polar surface area (TPSA) is 91.8 Å². The second kappa shape index (κ2) is 7.83. The van der Waals surface area contributed by atoms with E-state index in [4.69, 9.17) is 4.74 Å². The summed E-state index contributed by atoms with van der Waals surface area (Å²) in [4.78, 5) is 30.5. The Balaban J connectivity index is 1.66. The highest BCUT2D eigenvalue weighted by Crippen LogP contribution is 2.41. The van der Waals surface area contributed by atoms with E-state index >= 15 is 0 Å².